The number of hydrogen-bond acceptors (Lipinski definition) is 4. The van der Waals surface area contributed by atoms with Crippen LogP contribution in [0.3, 0.4) is 0 Å². The molecule has 0 unspecified atom stereocenters. The third-order valence-electron chi connectivity index (χ3n) is 6.58. The van der Waals surface area contributed by atoms with Crippen LogP contribution in [0.4, 0.5) is 5.69 Å². The summed E-state index contributed by atoms with van der Waals surface area (Å²) >= 11 is 0. The lowest BCUT2D eigenvalue weighted by Gasteiger charge is -2.38. The van der Waals surface area contributed by atoms with E-state index in [1.807, 2.05) is 25.1 Å². The summed E-state index contributed by atoms with van der Waals surface area (Å²) in [4.78, 5) is 13.4. The molecule has 1 aliphatic rings. The maximum Gasteiger partial charge on any atom is 0.261 e. The van der Waals surface area contributed by atoms with Gasteiger partial charge in [-0.15, -0.1) is 0 Å². The van der Waals surface area contributed by atoms with E-state index in [1.54, 1.807) is 49.4 Å². The molecule has 1 heterocycles. The van der Waals surface area contributed by atoms with Gasteiger partial charge in [0.05, 0.1) is 10.6 Å². The molecule has 178 valence electrons. The molecule has 3 aromatic carbocycles. The summed E-state index contributed by atoms with van der Waals surface area (Å²) in [5.41, 5.74) is 3.39. The molecule has 0 radical (unpaired) electrons. The lowest BCUT2D eigenvalue weighted by atomic mass is 9.74. The minimum absolute atomic E-state index is 0.177. The first-order chi connectivity index (χ1) is 16.3. The summed E-state index contributed by atoms with van der Waals surface area (Å²) in [6.45, 7) is 5.44. The maximum atomic E-state index is 13.2. The number of nitrogens with one attached hydrogen (secondary N) is 2. The number of aryl methyl sites for hydroxylation is 1. The van der Waals surface area contributed by atoms with Gasteiger partial charge >= 0.3 is 0 Å². The zero-order valence-electron chi connectivity index (χ0n) is 19.5. The maximum absolute atomic E-state index is 13.2. The number of anilines is 1. The van der Waals surface area contributed by atoms with Crippen LogP contribution < -0.4 is 10.0 Å². The fourth-order valence-corrected chi connectivity index (χ4v) is 5.50. The molecule has 0 aromatic heterocycles. The summed E-state index contributed by atoms with van der Waals surface area (Å²) in [7, 11) is -3.77. The van der Waals surface area contributed by atoms with Gasteiger partial charge in [0.2, 0.25) is 0 Å². The lowest BCUT2D eigenvalue weighted by Crippen LogP contribution is -2.44. The standard InChI is InChI=1S/C27H30N2O4S/c1-20-11-13-23(14-12-20)34(31,32)29-25-10-6-9-24(21(25)2)26(30)28-19-27(15-17-33-18-16-27)22-7-4-3-5-8-22/h3-14,29H,15-19H2,1-2H3,(H,28,30). The number of amides is 1. The molecule has 0 bridgehead atoms. The van der Waals surface area contributed by atoms with Crippen LogP contribution in [0.2, 0.25) is 0 Å². The van der Waals surface area contributed by atoms with Crippen LogP contribution in [0.15, 0.2) is 77.7 Å². The van der Waals surface area contributed by atoms with Gasteiger partial charge in [0, 0.05) is 30.7 Å². The molecule has 0 aliphatic carbocycles. The molecule has 4 rings (SSSR count). The molecule has 1 aliphatic heterocycles. The van der Waals surface area contributed by atoms with Gasteiger partial charge in [0.15, 0.2) is 0 Å². The van der Waals surface area contributed by atoms with Crippen molar-refractivity contribution in [2.75, 3.05) is 24.5 Å². The van der Waals surface area contributed by atoms with E-state index >= 15 is 0 Å². The fourth-order valence-electron chi connectivity index (χ4n) is 4.38. The third-order valence-corrected chi connectivity index (χ3v) is 7.96. The molecule has 1 fully saturated rings. The van der Waals surface area contributed by atoms with Crippen LogP contribution in [-0.4, -0.2) is 34.1 Å². The number of hydrogen-bond donors (Lipinski definition) is 2. The van der Waals surface area contributed by atoms with Crippen molar-refractivity contribution in [2.24, 2.45) is 0 Å². The zero-order valence-corrected chi connectivity index (χ0v) is 20.3. The third kappa shape index (κ3) is 5.16. The average molecular weight is 479 g/mol. The second kappa shape index (κ2) is 9.99. The van der Waals surface area contributed by atoms with Gasteiger partial charge in [-0.1, -0.05) is 54.1 Å². The van der Waals surface area contributed by atoms with Gasteiger partial charge in [0.25, 0.3) is 15.9 Å². The second-order valence-corrected chi connectivity index (χ2v) is 10.5. The predicted molar refractivity (Wildman–Crippen MR) is 134 cm³/mol. The first-order valence-corrected chi connectivity index (χ1v) is 12.9. The Labute approximate surface area is 201 Å². The van der Waals surface area contributed by atoms with Crippen LogP contribution in [0.1, 0.15) is 39.9 Å². The highest BCUT2D eigenvalue weighted by atomic mass is 32.2. The van der Waals surface area contributed by atoms with Crippen LogP contribution >= 0.6 is 0 Å². The molecule has 0 atom stereocenters. The molecule has 2 N–H and O–H groups in total. The van der Waals surface area contributed by atoms with Crippen molar-refractivity contribution in [3.8, 4) is 0 Å². The van der Waals surface area contributed by atoms with E-state index < -0.39 is 10.0 Å². The lowest BCUT2D eigenvalue weighted by molar-refractivity contribution is 0.0487. The van der Waals surface area contributed by atoms with E-state index in [1.165, 1.54) is 5.56 Å². The molecular weight excluding hydrogens is 448 g/mol. The Morgan fingerprint density at radius 2 is 1.59 bits per heavy atom. The van der Waals surface area contributed by atoms with Gasteiger partial charge in [-0.2, -0.15) is 0 Å². The van der Waals surface area contributed by atoms with Crippen molar-refractivity contribution in [2.45, 2.75) is 37.0 Å². The molecule has 6 nitrogen and oxygen atoms in total. The Hall–Kier alpha value is -3.16. The molecule has 3 aromatic rings. The summed E-state index contributed by atoms with van der Waals surface area (Å²) in [6, 6.07) is 21.9. The van der Waals surface area contributed by atoms with E-state index in [-0.39, 0.29) is 16.2 Å². The van der Waals surface area contributed by atoms with Crippen molar-refractivity contribution < 1.29 is 17.9 Å². The molecule has 7 heteroatoms. The monoisotopic (exact) mass is 478 g/mol. The topological polar surface area (TPSA) is 84.5 Å². The van der Waals surface area contributed by atoms with Crippen molar-refractivity contribution in [1.82, 2.24) is 5.32 Å². The highest BCUT2D eigenvalue weighted by molar-refractivity contribution is 7.92. The minimum Gasteiger partial charge on any atom is -0.381 e. The Balaban J connectivity index is 1.53. The highest BCUT2D eigenvalue weighted by Crippen LogP contribution is 2.34. The SMILES string of the molecule is Cc1ccc(S(=O)(=O)Nc2cccc(C(=O)NCC3(c4ccccc4)CCOCC3)c2C)cc1. The Morgan fingerprint density at radius 3 is 2.26 bits per heavy atom. The van der Waals surface area contributed by atoms with Gasteiger partial charge in [-0.25, -0.2) is 8.42 Å². The van der Waals surface area contributed by atoms with Gasteiger partial charge in [-0.3, -0.25) is 9.52 Å². The van der Waals surface area contributed by atoms with E-state index in [0.717, 1.165) is 18.4 Å². The Bertz CT molecular complexity index is 1250. The number of carbonyl (C=O) groups excluding carboxylic acids is 1. The predicted octanol–water partition coefficient (Wildman–Crippen LogP) is 4.58. The van der Waals surface area contributed by atoms with Crippen molar-refractivity contribution in [3.05, 3.63) is 95.1 Å². The van der Waals surface area contributed by atoms with E-state index in [4.69, 9.17) is 4.74 Å². The summed E-state index contributed by atoms with van der Waals surface area (Å²) in [6.07, 6.45) is 1.65. The molecule has 0 saturated carbocycles. The average Bonchev–Trinajstić information content (AvgIpc) is 2.85. The molecule has 1 saturated heterocycles. The number of carbonyl (C=O) groups is 1. The van der Waals surface area contributed by atoms with Crippen LogP contribution in [0.5, 0.6) is 0 Å². The number of ether oxygens (including phenoxy) is 1. The van der Waals surface area contributed by atoms with E-state index in [9.17, 15) is 13.2 Å². The zero-order chi connectivity index (χ0) is 24.2. The quantitative estimate of drug-likeness (QED) is 0.521. The summed E-state index contributed by atoms with van der Waals surface area (Å²) in [5.74, 6) is -0.226. The fraction of sp³-hybridized carbons (Fsp3) is 0.296. The summed E-state index contributed by atoms with van der Waals surface area (Å²) < 4.78 is 33.9. The highest BCUT2D eigenvalue weighted by Gasteiger charge is 2.35. The first-order valence-electron chi connectivity index (χ1n) is 11.4. The first kappa shape index (κ1) is 24.0. The van der Waals surface area contributed by atoms with E-state index in [0.29, 0.717) is 36.6 Å². The van der Waals surface area contributed by atoms with Crippen LogP contribution in [0.25, 0.3) is 0 Å². The number of sulfonamides is 1. The minimum atomic E-state index is -3.77. The normalized spacial score (nSPS) is 15.5. The number of rotatable bonds is 7. The van der Waals surface area contributed by atoms with Gasteiger partial charge in [0.1, 0.15) is 0 Å². The summed E-state index contributed by atoms with van der Waals surface area (Å²) in [5, 5.41) is 3.11. The molecule has 34 heavy (non-hydrogen) atoms. The van der Waals surface area contributed by atoms with Gasteiger partial charge in [-0.05, 0) is 62.1 Å². The van der Waals surface area contributed by atoms with Crippen molar-refractivity contribution >= 4 is 21.6 Å². The van der Waals surface area contributed by atoms with Crippen molar-refractivity contribution in [3.63, 3.8) is 0 Å². The van der Waals surface area contributed by atoms with Crippen LogP contribution in [-0.2, 0) is 20.2 Å². The Kier molecular flexibility index (Phi) is 7.05. The van der Waals surface area contributed by atoms with Gasteiger partial charge < -0.3 is 10.1 Å². The van der Waals surface area contributed by atoms with Crippen molar-refractivity contribution in [1.29, 1.82) is 0 Å². The van der Waals surface area contributed by atoms with E-state index in [2.05, 4.69) is 22.2 Å². The second-order valence-electron chi connectivity index (χ2n) is 8.84. The molecule has 1 amide bonds. The number of benzene rings is 3. The molecular formula is C27H30N2O4S. The Morgan fingerprint density at radius 1 is 0.912 bits per heavy atom. The smallest absolute Gasteiger partial charge is 0.261 e. The van der Waals surface area contributed by atoms with Crippen LogP contribution in [0, 0.1) is 13.8 Å². The largest absolute Gasteiger partial charge is 0.381 e. The molecule has 0 spiro atoms.